The predicted octanol–water partition coefficient (Wildman–Crippen LogP) is 7.24. The monoisotopic (exact) mass is 463 g/mol. The summed E-state index contributed by atoms with van der Waals surface area (Å²) in [7, 11) is 0. The van der Waals surface area contributed by atoms with E-state index >= 15 is 0 Å². The standard InChI is InChI=1S/C27H31NO4.C2H6/c1-26(2)11-12-27(3,4)23-13-18(5-10-22(23)26)16-31-20-8-6-19(7-9-20)21(14-25(29)30)24-15-28-17-32-24;1-2/h5-10,13,15,17,21H,11-12,14,16H2,1-4H3,(H,29,30);1-2H3/t21-;/m0./s1. The molecule has 1 aromatic heterocycles. The molecule has 0 spiro atoms. The Morgan fingerprint density at radius 1 is 1.03 bits per heavy atom. The van der Waals surface area contributed by atoms with E-state index in [1.165, 1.54) is 30.4 Å². The second-order valence-electron chi connectivity index (χ2n) is 10.1. The number of rotatable bonds is 7. The average Bonchev–Trinajstić information content (AvgIpc) is 3.36. The number of hydrogen-bond acceptors (Lipinski definition) is 4. The lowest BCUT2D eigenvalue weighted by atomic mass is 9.63. The Balaban J connectivity index is 0.00000158. The molecule has 0 radical (unpaired) electrons. The van der Waals surface area contributed by atoms with E-state index in [0.717, 1.165) is 16.9 Å². The Labute approximate surface area is 203 Å². The number of oxazole rings is 1. The summed E-state index contributed by atoms with van der Waals surface area (Å²) >= 11 is 0. The third-order valence-electron chi connectivity index (χ3n) is 6.78. The van der Waals surface area contributed by atoms with Crippen molar-refractivity contribution in [1.29, 1.82) is 0 Å². The van der Waals surface area contributed by atoms with Gasteiger partial charge in [-0.25, -0.2) is 4.98 Å². The van der Waals surface area contributed by atoms with Crippen LogP contribution in [0.25, 0.3) is 0 Å². The second-order valence-corrected chi connectivity index (χ2v) is 10.1. The molecule has 34 heavy (non-hydrogen) atoms. The van der Waals surface area contributed by atoms with E-state index in [-0.39, 0.29) is 23.2 Å². The van der Waals surface area contributed by atoms with Crippen molar-refractivity contribution in [2.75, 3.05) is 0 Å². The van der Waals surface area contributed by atoms with Crippen molar-refractivity contribution in [1.82, 2.24) is 4.98 Å². The fourth-order valence-electron chi connectivity index (χ4n) is 4.64. The number of fused-ring (bicyclic) bond motifs is 1. The minimum atomic E-state index is -0.884. The molecule has 0 bridgehead atoms. The first-order valence-electron chi connectivity index (χ1n) is 12.1. The Kier molecular flexibility index (Phi) is 7.86. The molecule has 0 saturated heterocycles. The van der Waals surface area contributed by atoms with Crippen molar-refractivity contribution in [3.05, 3.63) is 83.1 Å². The molecule has 1 aliphatic rings. The molecular weight excluding hydrogens is 426 g/mol. The molecule has 4 rings (SSSR count). The second kappa shape index (κ2) is 10.5. The highest BCUT2D eigenvalue weighted by molar-refractivity contribution is 5.68. The van der Waals surface area contributed by atoms with Gasteiger partial charge in [-0.3, -0.25) is 4.79 Å². The van der Waals surface area contributed by atoms with Crippen molar-refractivity contribution in [3.63, 3.8) is 0 Å². The molecule has 0 saturated carbocycles. The van der Waals surface area contributed by atoms with E-state index in [4.69, 9.17) is 9.15 Å². The summed E-state index contributed by atoms with van der Waals surface area (Å²) in [6.45, 7) is 13.8. The van der Waals surface area contributed by atoms with Gasteiger partial charge in [0, 0.05) is 0 Å². The van der Waals surface area contributed by atoms with Gasteiger partial charge in [-0.2, -0.15) is 0 Å². The van der Waals surface area contributed by atoms with E-state index < -0.39 is 5.97 Å². The summed E-state index contributed by atoms with van der Waals surface area (Å²) in [5.41, 5.74) is 5.25. The number of nitrogens with zero attached hydrogens (tertiary/aromatic N) is 1. The Hall–Kier alpha value is -3.08. The smallest absolute Gasteiger partial charge is 0.304 e. The summed E-state index contributed by atoms with van der Waals surface area (Å²) < 4.78 is 11.4. The van der Waals surface area contributed by atoms with Gasteiger partial charge in [0.25, 0.3) is 0 Å². The maximum atomic E-state index is 11.3. The summed E-state index contributed by atoms with van der Waals surface area (Å²) in [6, 6.07) is 14.3. The average molecular weight is 464 g/mol. The summed E-state index contributed by atoms with van der Waals surface area (Å²) in [6.07, 6.45) is 5.21. The van der Waals surface area contributed by atoms with E-state index in [9.17, 15) is 9.90 Å². The number of ether oxygens (including phenoxy) is 1. The number of carboxylic acids is 1. The van der Waals surface area contributed by atoms with E-state index in [1.54, 1.807) is 6.20 Å². The molecule has 0 amide bonds. The molecular formula is C29H37NO4. The maximum absolute atomic E-state index is 11.3. The van der Waals surface area contributed by atoms with Gasteiger partial charge in [-0.05, 0) is 58.1 Å². The van der Waals surface area contributed by atoms with Crippen LogP contribution >= 0.6 is 0 Å². The van der Waals surface area contributed by atoms with Crippen LogP contribution < -0.4 is 4.74 Å². The maximum Gasteiger partial charge on any atom is 0.304 e. The van der Waals surface area contributed by atoms with Crippen LogP contribution in [0.1, 0.15) is 94.7 Å². The third kappa shape index (κ3) is 5.69. The van der Waals surface area contributed by atoms with E-state index in [1.807, 2.05) is 38.1 Å². The topological polar surface area (TPSA) is 72.6 Å². The van der Waals surface area contributed by atoms with E-state index in [0.29, 0.717) is 12.4 Å². The van der Waals surface area contributed by atoms with Gasteiger partial charge < -0.3 is 14.3 Å². The van der Waals surface area contributed by atoms with Gasteiger partial charge in [0.15, 0.2) is 6.39 Å². The molecule has 5 heteroatoms. The molecule has 5 nitrogen and oxygen atoms in total. The molecule has 182 valence electrons. The van der Waals surface area contributed by atoms with E-state index in [2.05, 4.69) is 50.9 Å². The number of carboxylic acid groups (broad SMARTS) is 1. The van der Waals surface area contributed by atoms with Gasteiger partial charge in [0.05, 0.1) is 18.5 Å². The SMILES string of the molecule is CC.CC1(C)CCC(C)(C)c2cc(COc3ccc([C@H](CC(=O)O)c4cnco4)cc3)ccc21. The molecule has 3 aromatic rings. The minimum Gasteiger partial charge on any atom is -0.489 e. The van der Waals surface area contributed by atoms with Crippen LogP contribution in [0.2, 0.25) is 0 Å². The Morgan fingerprint density at radius 2 is 1.68 bits per heavy atom. The van der Waals surface area contributed by atoms with Crippen molar-refractivity contribution in [2.45, 2.75) is 84.2 Å². The van der Waals surface area contributed by atoms with Gasteiger partial charge in [0.2, 0.25) is 0 Å². The summed E-state index contributed by atoms with van der Waals surface area (Å²) in [5, 5.41) is 9.28. The van der Waals surface area contributed by atoms with Gasteiger partial charge in [-0.1, -0.05) is 71.9 Å². The molecule has 0 unspecified atom stereocenters. The molecule has 2 aromatic carbocycles. The number of carbonyl (C=O) groups is 1. The van der Waals surface area contributed by atoms with Crippen molar-refractivity contribution in [3.8, 4) is 5.75 Å². The fourth-order valence-corrected chi connectivity index (χ4v) is 4.64. The summed E-state index contributed by atoms with van der Waals surface area (Å²) in [4.78, 5) is 15.2. The zero-order chi connectivity index (χ0) is 24.9. The van der Waals surface area contributed by atoms with Crippen LogP contribution in [-0.2, 0) is 22.2 Å². The van der Waals surface area contributed by atoms with Crippen molar-refractivity contribution >= 4 is 5.97 Å². The first kappa shape index (κ1) is 25.5. The van der Waals surface area contributed by atoms with Gasteiger partial charge in [0.1, 0.15) is 18.1 Å². The number of benzene rings is 2. The molecule has 1 aliphatic carbocycles. The third-order valence-corrected chi connectivity index (χ3v) is 6.78. The number of aromatic nitrogens is 1. The summed E-state index contributed by atoms with van der Waals surface area (Å²) in [5.74, 6) is 0.0268. The van der Waals surface area contributed by atoms with Crippen LogP contribution in [0.4, 0.5) is 0 Å². The minimum absolute atomic E-state index is 0.0589. The highest BCUT2D eigenvalue weighted by atomic mass is 16.5. The van der Waals surface area contributed by atoms with Crippen LogP contribution in [0.3, 0.4) is 0 Å². The van der Waals surface area contributed by atoms with Crippen LogP contribution in [0, 0.1) is 0 Å². The zero-order valence-electron chi connectivity index (χ0n) is 21.2. The number of aliphatic carboxylic acids is 1. The zero-order valence-corrected chi connectivity index (χ0v) is 21.2. The quantitative estimate of drug-likeness (QED) is 0.400. The number of hydrogen-bond donors (Lipinski definition) is 1. The molecule has 0 fully saturated rings. The van der Waals surface area contributed by atoms with Crippen LogP contribution in [0.15, 0.2) is 59.5 Å². The molecule has 1 N–H and O–H groups in total. The normalized spacial score (nSPS) is 16.5. The van der Waals surface area contributed by atoms with Crippen LogP contribution in [0.5, 0.6) is 5.75 Å². The largest absolute Gasteiger partial charge is 0.489 e. The highest BCUT2D eigenvalue weighted by Gasteiger charge is 2.36. The van der Waals surface area contributed by atoms with Gasteiger partial charge >= 0.3 is 5.97 Å². The molecule has 1 heterocycles. The van der Waals surface area contributed by atoms with Crippen LogP contribution in [-0.4, -0.2) is 16.1 Å². The fraction of sp³-hybridized carbons (Fsp3) is 0.448. The lowest BCUT2D eigenvalue weighted by Crippen LogP contribution is -2.33. The first-order valence-corrected chi connectivity index (χ1v) is 12.1. The molecule has 1 atom stereocenters. The van der Waals surface area contributed by atoms with Gasteiger partial charge in [-0.15, -0.1) is 0 Å². The molecule has 0 aliphatic heterocycles. The lowest BCUT2D eigenvalue weighted by molar-refractivity contribution is -0.137. The first-order chi connectivity index (χ1) is 16.2. The Morgan fingerprint density at radius 3 is 2.26 bits per heavy atom. The highest BCUT2D eigenvalue weighted by Crippen LogP contribution is 2.46. The van der Waals surface area contributed by atoms with Crippen molar-refractivity contribution < 1.29 is 19.1 Å². The Bertz CT molecular complexity index is 1080. The van der Waals surface area contributed by atoms with Crippen molar-refractivity contribution in [2.24, 2.45) is 0 Å². The predicted molar refractivity (Wildman–Crippen MR) is 134 cm³/mol. The lowest BCUT2D eigenvalue weighted by Gasteiger charge is -2.42.